The zero-order valence-electron chi connectivity index (χ0n) is 20.7. The summed E-state index contributed by atoms with van der Waals surface area (Å²) < 4.78 is 31.3. The van der Waals surface area contributed by atoms with Crippen LogP contribution in [0.15, 0.2) is 102 Å². The summed E-state index contributed by atoms with van der Waals surface area (Å²) in [5, 5.41) is 0. The highest BCUT2D eigenvalue weighted by molar-refractivity contribution is 9.11. The lowest BCUT2D eigenvalue weighted by molar-refractivity contribution is -0.179. The van der Waals surface area contributed by atoms with Gasteiger partial charge in [-0.05, 0) is 32.6 Å². The molecule has 0 bridgehead atoms. The molecule has 0 fully saturated rings. The van der Waals surface area contributed by atoms with Gasteiger partial charge in [0.05, 0.1) is 37.2 Å². The number of benzene rings is 3. The van der Waals surface area contributed by atoms with Gasteiger partial charge in [0.2, 0.25) is 0 Å². The van der Waals surface area contributed by atoms with Gasteiger partial charge in [0.1, 0.15) is 18.3 Å². The van der Waals surface area contributed by atoms with Crippen molar-refractivity contribution in [3.63, 3.8) is 0 Å². The summed E-state index contributed by atoms with van der Waals surface area (Å²) in [6.45, 7) is 2.70. The van der Waals surface area contributed by atoms with Gasteiger partial charge in [-0.15, -0.1) is 0 Å². The van der Waals surface area contributed by atoms with Crippen molar-refractivity contribution in [3.05, 3.63) is 118 Å². The van der Waals surface area contributed by atoms with E-state index >= 15 is 0 Å². The minimum Gasteiger partial charge on any atom is -0.492 e. The van der Waals surface area contributed by atoms with E-state index < -0.39 is 30.4 Å². The van der Waals surface area contributed by atoms with Gasteiger partial charge >= 0.3 is 5.97 Å². The van der Waals surface area contributed by atoms with Crippen molar-refractivity contribution in [2.24, 2.45) is 0 Å². The van der Waals surface area contributed by atoms with Crippen LogP contribution in [-0.4, -0.2) is 37.0 Å². The molecule has 0 spiro atoms. The van der Waals surface area contributed by atoms with Crippen LogP contribution < -0.4 is 0 Å². The summed E-state index contributed by atoms with van der Waals surface area (Å²) in [4.78, 5) is 12.1. The van der Waals surface area contributed by atoms with E-state index in [2.05, 4.69) is 15.9 Å². The van der Waals surface area contributed by atoms with Crippen LogP contribution in [0.3, 0.4) is 0 Å². The SMILES string of the molecule is CC(=O)OC1C(Br)=CO[C@H](COCc2ccccc2)[C@@H](OCc2ccccc2)[C@@H]1OCc1ccccc1. The van der Waals surface area contributed by atoms with Crippen LogP contribution >= 0.6 is 15.9 Å². The Labute approximate surface area is 226 Å². The van der Waals surface area contributed by atoms with Crippen molar-refractivity contribution < 1.29 is 28.5 Å². The highest BCUT2D eigenvalue weighted by Crippen LogP contribution is 2.31. The number of carbonyl (C=O) groups is 1. The van der Waals surface area contributed by atoms with E-state index in [0.717, 1.165) is 16.7 Å². The molecule has 1 aliphatic heterocycles. The second-order valence-electron chi connectivity index (χ2n) is 8.73. The highest BCUT2D eigenvalue weighted by atomic mass is 79.9. The number of rotatable bonds is 11. The third kappa shape index (κ3) is 8.27. The van der Waals surface area contributed by atoms with Gasteiger partial charge in [0.15, 0.2) is 6.10 Å². The number of esters is 1. The minimum atomic E-state index is -0.749. The Bertz CT molecular complexity index is 1120. The monoisotopic (exact) mass is 566 g/mol. The standard InChI is InChI=1S/C30H31BrO6/c1-22(32)37-28-26(31)20-34-27(21-33-17-23-11-5-2-6-12-23)29(35-18-24-13-7-3-8-14-24)30(28)36-19-25-15-9-4-10-16-25/h2-16,20,27-30H,17-19,21H2,1H3/t27-,28?,29-,30-/m1/s1. The number of ether oxygens (including phenoxy) is 5. The van der Waals surface area contributed by atoms with E-state index in [1.165, 1.54) is 6.92 Å². The second-order valence-corrected chi connectivity index (χ2v) is 9.65. The first-order chi connectivity index (χ1) is 18.1. The van der Waals surface area contributed by atoms with Crippen molar-refractivity contribution in [1.82, 2.24) is 0 Å². The fraction of sp³-hybridized carbons (Fsp3) is 0.300. The van der Waals surface area contributed by atoms with Gasteiger partial charge in [-0.2, -0.15) is 0 Å². The van der Waals surface area contributed by atoms with Crippen molar-refractivity contribution in [1.29, 1.82) is 0 Å². The number of carbonyl (C=O) groups excluding carboxylic acids is 1. The molecular weight excluding hydrogens is 536 g/mol. The fourth-order valence-electron chi connectivity index (χ4n) is 4.06. The Balaban J connectivity index is 1.58. The maximum atomic E-state index is 12.1. The molecule has 0 saturated carbocycles. The fourth-order valence-corrected chi connectivity index (χ4v) is 4.52. The normalized spacial score (nSPS) is 21.4. The summed E-state index contributed by atoms with van der Waals surface area (Å²) in [6, 6.07) is 29.7. The van der Waals surface area contributed by atoms with Crippen LogP contribution in [0.5, 0.6) is 0 Å². The number of halogens is 1. The molecular formula is C30H31BrO6. The van der Waals surface area contributed by atoms with Crippen molar-refractivity contribution >= 4 is 21.9 Å². The van der Waals surface area contributed by atoms with Gasteiger partial charge in [-0.3, -0.25) is 4.79 Å². The third-order valence-electron chi connectivity index (χ3n) is 5.87. The molecule has 1 aliphatic rings. The molecule has 0 saturated heterocycles. The average molecular weight is 567 g/mol. The molecule has 0 aromatic heterocycles. The Morgan fingerprint density at radius 1 is 0.757 bits per heavy atom. The highest BCUT2D eigenvalue weighted by Gasteiger charge is 2.43. The van der Waals surface area contributed by atoms with Crippen molar-refractivity contribution in [3.8, 4) is 0 Å². The average Bonchev–Trinajstić information content (AvgIpc) is 3.04. The molecule has 3 aromatic rings. The number of hydrogen-bond donors (Lipinski definition) is 0. The molecule has 0 N–H and O–H groups in total. The topological polar surface area (TPSA) is 63.2 Å². The van der Waals surface area contributed by atoms with Crippen LogP contribution in [0.4, 0.5) is 0 Å². The zero-order chi connectivity index (χ0) is 25.9. The van der Waals surface area contributed by atoms with E-state index in [-0.39, 0.29) is 6.61 Å². The smallest absolute Gasteiger partial charge is 0.303 e. The summed E-state index contributed by atoms with van der Waals surface area (Å²) in [5.41, 5.74) is 3.06. The lowest BCUT2D eigenvalue weighted by atomic mass is 10.0. The quantitative estimate of drug-likeness (QED) is 0.267. The molecule has 6 nitrogen and oxygen atoms in total. The first kappa shape index (κ1) is 27.1. The van der Waals surface area contributed by atoms with Crippen LogP contribution in [0.1, 0.15) is 23.6 Å². The third-order valence-corrected chi connectivity index (χ3v) is 6.51. The molecule has 194 valence electrons. The van der Waals surface area contributed by atoms with E-state index in [1.807, 2.05) is 91.0 Å². The minimum absolute atomic E-state index is 0.253. The zero-order valence-corrected chi connectivity index (χ0v) is 22.3. The summed E-state index contributed by atoms with van der Waals surface area (Å²) in [6.07, 6.45) is -0.974. The van der Waals surface area contributed by atoms with Gasteiger partial charge in [-0.1, -0.05) is 91.0 Å². The second kappa shape index (κ2) is 14.1. The lowest BCUT2D eigenvalue weighted by Crippen LogP contribution is -2.49. The molecule has 1 unspecified atom stereocenters. The molecule has 4 atom stereocenters. The molecule has 0 amide bonds. The molecule has 7 heteroatoms. The number of hydrogen-bond acceptors (Lipinski definition) is 6. The maximum Gasteiger partial charge on any atom is 0.303 e. The van der Waals surface area contributed by atoms with Crippen LogP contribution in [-0.2, 0) is 48.3 Å². The first-order valence-electron chi connectivity index (χ1n) is 12.2. The Morgan fingerprint density at radius 2 is 1.24 bits per heavy atom. The predicted octanol–water partition coefficient (Wildman–Crippen LogP) is 5.94. The lowest BCUT2D eigenvalue weighted by Gasteiger charge is -2.34. The maximum absolute atomic E-state index is 12.1. The molecule has 37 heavy (non-hydrogen) atoms. The Hall–Kier alpha value is -2.97. The van der Waals surface area contributed by atoms with Crippen molar-refractivity contribution in [2.45, 2.75) is 51.2 Å². The van der Waals surface area contributed by atoms with Gasteiger partial charge in [0, 0.05) is 6.92 Å². The molecule has 0 radical (unpaired) electrons. The van der Waals surface area contributed by atoms with Gasteiger partial charge < -0.3 is 23.7 Å². The van der Waals surface area contributed by atoms with Gasteiger partial charge in [-0.25, -0.2) is 0 Å². The summed E-state index contributed by atoms with van der Waals surface area (Å²) in [7, 11) is 0. The van der Waals surface area contributed by atoms with Crippen molar-refractivity contribution in [2.75, 3.05) is 6.61 Å². The van der Waals surface area contributed by atoms with Crippen LogP contribution in [0.2, 0.25) is 0 Å². The van der Waals surface area contributed by atoms with E-state index in [9.17, 15) is 4.79 Å². The van der Waals surface area contributed by atoms with E-state index in [0.29, 0.717) is 24.3 Å². The van der Waals surface area contributed by atoms with Crippen LogP contribution in [0, 0.1) is 0 Å². The van der Waals surface area contributed by atoms with E-state index in [1.54, 1.807) is 6.26 Å². The summed E-state index contributed by atoms with van der Waals surface area (Å²) in [5.74, 6) is -0.427. The Morgan fingerprint density at radius 3 is 1.76 bits per heavy atom. The molecule has 4 rings (SSSR count). The molecule has 1 heterocycles. The van der Waals surface area contributed by atoms with Gasteiger partial charge in [0.25, 0.3) is 0 Å². The first-order valence-corrected chi connectivity index (χ1v) is 13.0. The molecule has 0 aliphatic carbocycles. The largest absolute Gasteiger partial charge is 0.492 e. The predicted molar refractivity (Wildman–Crippen MR) is 144 cm³/mol. The van der Waals surface area contributed by atoms with E-state index in [4.69, 9.17) is 23.7 Å². The molecule has 3 aromatic carbocycles. The Kier molecular flexibility index (Phi) is 10.3. The summed E-state index contributed by atoms with van der Waals surface area (Å²) >= 11 is 3.54. The van der Waals surface area contributed by atoms with Crippen LogP contribution in [0.25, 0.3) is 0 Å².